The first-order valence-electron chi connectivity index (χ1n) is 9.72. The van der Waals surface area contributed by atoms with Crippen LogP contribution in [-0.4, -0.2) is 36.7 Å². The van der Waals surface area contributed by atoms with Crippen LogP contribution in [0.15, 0.2) is 72.8 Å². The molecule has 33 heavy (non-hydrogen) atoms. The van der Waals surface area contributed by atoms with Gasteiger partial charge in [-0.1, -0.05) is 54.1 Å². The Kier molecular flexibility index (Phi) is 7.88. The van der Waals surface area contributed by atoms with Gasteiger partial charge in [0.1, 0.15) is 12.4 Å². The normalized spacial score (nSPS) is 10.2. The molecule has 0 spiro atoms. The number of anilines is 1. The van der Waals surface area contributed by atoms with Crippen LogP contribution in [0.5, 0.6) is 0 Å². The van der Waals surface area contributed by atoms with Crippen LogP contribution < -0.4 is 10.6 Å². The molecule has 0 fully saturated rings. The predicted molar refractivity (Wildman–Crippen MR) is 120 cm³/mol. The van der Waals surface area contributed by atoms with E-state index >= 15 is 0 Å². The van der Waals surface area contributed by atoms with Gasteiger partial charge in [0.05, 0.1) is 11.3 Å². The molecular weight excluding hydrogens is 451 g/mol. The largest absolute Gasteiger partial charge is 0.454 e. The highest BCUT2D eigenvalue weighted by molar-refractivity contribution is 6.31. The molecule has 3 aromatic carbocycles. The third-order valence-electron chi connectivity index (χ3n) is 4.41. The fourth-order valence-electron chi connectivity index (χ4n) is 2.83. The van der Waals surface area contributed by atoms with Crippen molar-refractivity contribution in [1.29, 1.82) is 0 Å². The zero-order chi connectivity index (χ0) is 23.8. The van der Waals surface area contributed by atoms with Crippen molar-refractivity contribution in [3.05, 3.63) is 100 Å². The molecule has 7 nitrogen and oxygen atoms in total. The second-order valence-corrected chi connectivity index (χ2v) is 7.19. The fourth-order valence-corrected chi connectivity index (χ4v) is 3.01. The molecule has 2 N–H and O–H groups in total. The number of rotatable bonds is 8. The average Bonchev–Trinajstić information content (AvgIpc) is 2.82. The molecule has 0 aromatic heterocycles. The van der Waals surface area contributed by atoms with E-state index in [2.05, 4.69) is 10.6 Å². The van der Waals surface area contributed by atoms with Crippen LogP contribution in [0, 0.1) is 5.82 Å². The highest BCUT2D eigenvalue weighted by Gasteiger charge is 2.17. The van der Waals surface area contributed by atoms with Crippen molar-refractivity contribution < 1.29 is 28.3 Å². The lowest BCUT2D eigenvalue weighted by molar-refractivity contribution is -0.146. The van der Waals surface area contributed by atoms with Gasteiger partial charge in [-0.3, -0.25) is 19.2 Å². The van der Waals surface area contributed by atoms with E-state index in [1.165, 1.54) is 36.4 Å². The second kappa shape index (κ2) is 11.0. The number of esters is 1. The smallest absolute Gasteiger partial charge is 0.325 e. The Balaban J connectivity index is 1.56. The molecule has 0 aliphatic heterocycles. The number of carbonyl (C=O) groups is 4. The van der Waals surface area contributed by atoms with E-state index in [0.717, 1.165) is 6.07 Å². The van der Waals surface area contributed by atoms with E-state index < -0.39 is 36.8 Å². The summed E-state index contributed by atoms with van der Waals surface area (Å²) in [5.74, 6) is -3.47. The summed E-state index contributed by atoms with van der Waals surface area (Å²) in [6, 6.07) is 18.1. The molecule has 0 atom stereocenters. The molecule has 0 aliphatic rings. The van der Waals surface area contributed by atoms with Gasteiger partial charge < -0.3 is 15.4 Å². The third-order valence-corrected chi connectivity index (χ3v) is 4.65. The van der Waals surface area contributed by atoms with Gasteiger partial charge in [0.25, 0.3) is 11.8 Å². The van der Waals surface area contributed by atoms with E-state index in [-0.39, 0.29) is 22.6 Å². The maximum atomic E-state index is 13.6. The number of benzene rings is 3. The molecule has 168 valence electrons. The Bertz CT molecular complexity index is 1200. The van der Waals surface area contributed by atoms with Crippen LogP contribution in [-0.2, 0) is 14.3 Å². The Labute approximate surface area is 193 Å². The van der Waals surface area contributed by atoms with Crippen LogP contribution in [0.2, 0.25) is 5.02 Å². The maximum Gasteiger partial charge on any atom is 0.325 e. The lowest BCUT2D eigenvalue weighted by atomic mass is 10.0. The third kappa shape index (κ3) is 6.47. The average molecular weight is 469 g/mol. The molecule has 3 aromatic rings. The van der Waals surface area contributed by atoms with Crippen molar-refractivity contribution in [2.24, 2.45) is 0 Å². The molecule has 0 radical (unpaired) electrons. The molecule has 0 saturated carbocycles. The molecule has 0 aliphatic carbocycles. The Hall–Kier alpha value is -4.04. The highest BCUT2D eigenvalue weighted by atomic mass is 35.5. The van der Waals surface area contributed by atoms with Gasteiger partial charge >= 0.3 is 5.97 Å². The van der Waals surface area contributed by atoms with Crippen molar-refractivity contribution in [2.45, 2.75) is 0 Å². The molecule has 0 bridgehead atoms. The first kappa shape index (κ1) is 23.6. The molecule has 3 rings (SSSR count). The van der Waals surface area contributed by atoms with Gasteiger partial charge in [-0.25, -0.2) is 4.39 Å². The lowest BCUT2D eigenvalue weighted by Crippen LogP contribution is -2.32. The number of ether oxygens (including phenoxy) is 1. The van der Waals surface area contributed by atoms with Gasteiger partial charge in [0, 0.05) is 16.1 Å². The molecule has 0 saturated heterocycles. The lowest BCUT2D eigenvalue weighted by Gasteiger charge is -2.12. The van der Waals surface area contributed by atoms with Crippen molar-refractivity contribution >= 4 is 40.9 Å². The molecule has 0 unspecified atom stereocenters. The number of hydrogen-bond donors (Lipinski definition) is 2. The van der Waals surface area contributed by atoms with Crippen LogP contribution in [0.3, 0.4) is 0 Å². The fraction of sp³-hybridized carbons (Fsp3) is 0.0833. The summed E-state index contributed by atoms with van der Waals surface area (Å²) in [6.45, 7) is -1.21. The minimum atomic E-state index is -0.897. The number of hydrogen-bond acceptors (Lipinski definition) is 5. The van der Waals surface area contributed by atoms with Gasteiger partial charge in [-0.05, 0) is 30.3 Å². The number of amides is 2. The summed E-state index contributed by atoms with van der Waals surface area (Å²) in [7, 11) is 0. The summed E-state index contributed by atoms with van der Waals surface area (Å²) in [4.78, 5) is 48.8. The van der Waals surface area contributed by atoms with E-state index in [4.69, 9.17) is 16.3 Å². The summed E-state index contributed by atoms with van der Waals surface area (Å²) in [5.41, 5.74) is 0.557. The molecule has 2 amide bonds. The summed E-state index contributed by atoms with van der Waals surface area (Å²) in [6.07, 6.45) is 0. The van der Waals surface area contributed by atoms with E-state index in [9.17, 15) is 23.6 Å². The summed E-state index contributed by atoms with van der Waals surface area (Å²) in [5, 5.41) is 5.04. The second-order valence-electron chi connectivity index (χ2n) is 6.76. The monoisotopic (exact) mass is 468 g/mol. The van der Waals surface area contributed by atoms with Gasteiger partial charge in [-0.2, -0.15) is 0 Å². The molecule has 9 heteroatoms. The quantitative estimate of drug-likeness (QED) is 0.388. The number of halogens is 2. The SMILES string of the molecule is O=C(COC(=O)CNC(=O)c1ccccc1F)Nc1ccc(Cl)cc1C(=O)c1ccccc1. The summed E-state index contributed by atoms with van der Waals surface area (Å²) < 4.78 is 18.4. The Morgan fingerprint density at radius 2 is 1.58 bits per heavy atom. The van der Waals surface area contributed by atoms with Crippen LogP contribution in [0.25, 0.3) is 0 Å². The van der Waals surface area contributed by atoms with Crippen molar-refractivity contribution in [3.8, 4) is 0 Å². The Morgan fingerprint density at radius 1 is 0.879 bits per heavy atom. The van der Waals surface area contributed by atoms with E-state index in [1.54, 1.807) is 30.3 Å². The highest BCUT2D eigenvalue weighted by Crippen LogP contribution is 2.23. The van der Waals surface area contributed by atoms with E-state index in [0.29, 0.717) is 10.6 Å². The zero-order valence-corrected chi connectivity index (χ0v) is 17.9. The first-order chi connectivity index (χ1) is 15.8. The van der Waals surface area contributed by atoms with Crippen LogP contribution >= 0.6 is 11.6 Å². The van der Waals surface area contributed by atoms with Crippen LogP contribution in [0.4, 0.5) is 10.1 Å². The van der Waals surface area contributed by atoms with Crippen molar-refractivity contribution in [2.75, 3.05) is 18.5 Å². The molecular formula is C24H18ClFN2O5. The first-order valence-corrected chi connectivity index (χ1v) is 10.1. The molecule has 0 heterocycles. The maximum absolute atomic E-state index is 13.6. The standard InChI is InChI=1S/C24H18ClFN2O5/c25-16-10-11-20(18(12-16)23(31)15-6-2-1-3-7-15)28-21(29)14-33-22(30)13-27-24(32)17-8-4-5-9-19(17)26/h1-12H,13-14H2,(H,27,32)(H,28,29). The minimum absolute atomic E-state index is 0.172. The van der Waals surface area contributed by atoms with Gasteiger partial charge in [0.15, 0.2) is 12.4 Å². The summed E-state index contributed by atoms with van der Waals surface area (Å²) >= 11 is 6.01. The topological polar surface area (TPSA) is 102 Å². The zero-order valence-electron chi connectivity index (χ0n) is 17.1. The predicted octanol–water partition coefficient (Wildman–Crippen LogP) is 3.62. The van der Waals surface area contributed by atoms with Crippen molar-refractivity contribution in [3.63, 3.8) is 0 Å². The number of ketones is 1. The van der Waals surface area contributed by atoms with Gasteiger partial charge in [-0.15, -0.1) is 0 Å². The minimum Gasteiger partial charge on any atom is -0.454 e. The Morgan fingerprint density at radius 3 is 2.30 bits per heavy atom. The van der Waals surface area contributed by atoms with E-state index in [1.807, 2.05) is 0 Å². The number of nitrogens with one attached hydrogen (secondary N) is 2. The van der Waals surface area contributed by atoms with Crippen molar-refractivity contribution in [1.82, 2.24) is 5.32 Å². The van der Waals surface area contributed by atoms with Gasteiger partial charge in [0.2, 0.25) is 0 Å². The van der Waals surface area contributed by atoms with Crippen LogP contribution in [0.1, 0.15) is 26.3 Å². The number of carbonyl (C=O) groups excluding carboxylic acids is 4.